The van der Waals surface area contributed by atoms with Gasteiger partial charge in [0.1, 0.15) is 0 Å². The average molecular weight is 184 g/mol. The predicted octanol–water partition coefficient (Wildman–Crippen LogP) is 3.17. The van der Waals surface area contributed by atoms with E-state index in [-0.39, 0.29) is 0 Å². The second-order valence-corrected chi connectivity index (χ2v) is 9.63. The van der Waals surface area contributed by atoms with Gasteiger partial charge in [0.2, 0.25) is 0 Å². The monoisotopic (exact) mass is 184 g/mol. The summed E-state index contributed by atoms with van der Waals surface area (Å²) < 4.78 is 5.78. The second kappa shape index (κ2) is 2.58. The van der Waals surface area contributed by atoms with Crippen molar-refractivity contribution in [3.8, 4) is 0 Å². The SMILES string of the molecule is CO[Si](C)(C)C12CCC(CC1)C2. The molecule has 0 atom stereocenters. The van der Waals surface area contributed by atoms with Crippen LogP contribution in [0.3, 0.4) is 0 Å². The molecule has 2 heteroatoms. The maximum Gasteiger partial charge on any atom is 0.192 e. The van der Waals surface area contributed by atoms with Gasteiger partial charge < -0.3 is 4.43 Å². The summed E-state index contributed by atoms with van der Waals surface area (Å²) >= 11 is 0. The molecule has 0 radical (unpaired) electrons. The second-order valence-electron chi connectivity index (χ2n) is 5.14. The summed E-state index contributed by atoms with van der Waals surface area (Å²) in [7, 11) is 0.570. The van der Waals surface area contributed by atoms with E-state index in [1.54, 1.807) is 0 Å². The van der Waals surface area contributed by atoms with Gasteiger partial charge in [-0.25, -0.2) is 0 Å². The average Bonchev–Trinajstić information content (AvgIpc) is 2.64. The first-order valence-corrected chi connectivity index (χ1v) is 8.06. The normalized spacial score (nSPS) is 40.8. The molecule has 0 unspecified atom stereocenters. The van der Waals surface area contributed by atoms with Gasteiger partial charge in [-0.15, -0.1) is 0 Å². The molecule has 2 bridgehead atoms. The summed E-state index contributed by atoms with van der Waals surface area (Å²) in [5.74, 6) is 1.06. The van der Waals surface area contributed by atoms with Gasteiger partial charge in [0.05, 0.1) is 0 Å². The first-order chi connectivity index (χ1) is 5.60. The lowest BCUT2D eigenvalue weighted by Gasteiger charge is -2.39. The minimum Gasteiger partial charge on any atom is -0.420 e. The summed E-state index contributed by atoms with van der Waals surface area (Å²) in [4.78, 5) is 0. The Morgan fingerprint density at radius 1 is 1.25 bits per heavy atom. The Bertz CT molecular complexity index is 180. The first-order valence-electron chi connectivity index (χ1n) is 5.15. The third-order valence-electron chi connectivity index (χ3n) is 4.53. The molecule has 0 heterocycles. The van der Waals surface area contributed by atoms with Crippen LogP contribution in [0.4, 0.5) is 0 Å². The van der Waals surface area contributed by atoms with E-state index < -0.39 is 8.32 Å². The molecule has 0 aliphatic heterocycles. The van der Waals surface area contributed by atoms with Gasteiger partial charge >= 0.3 is 0 Å². The molecular formula is C10H20OSi. The summed E-state index contributed by atoms with van der Waals surface area (Å²) in [6.45, 7) is 4.81. The largest absolute Gasteiger partial charge is 0.420 e. The van der Waals surface area contributed by atoms with Crippen LogP contribution in [0.25, 0.3) is 0 Å². The fraction of sp³-hybridized carbons (Fsp3) is 1.00. The van der Waals surface area contributed by atoms with Crippen LogP contribution < -0.4 is 0 Å². The zero-order valence-corrected chi connectivity index (χ0v) is 9.52. The highest BCUT2D eigenvalue weighted by Gasteiger charge is 2.55. The molecule has 0 spiro atoms. The molecule has 0 aromatic heterocycles. The Hall–Kier alpha value is 0.177. The van der Waals surface area contributed by atoms with Crippen LogP contribution in [0.1, 0.15) is 32.1 Å². The van der Waals surface area contributed by atoms with Crippen molar-refractivity contribution >= 4 is 8.32 Å². The van der Waals surface area contributed by atoms with E-state index in [2.05, 4.69) is 13.1 Å². The van der Waals surface area contributed by atoms with Crippen molar-refractivity contribution < 1.29 is 4.43 Å². The van der Waals surface area contributed by atoms with E-state index >= 15 is 0 Å². The van der Waals surface area contributed by atoms with E-state index in [0.29, 0.717) is 5.04 Å². The molecule has 0 saturated heterocycles. The topological polar surface area (TPSA) is 9.23 Å². The lowest BCUT2D eigenvalue weighted by atomic mass is 10.0. The Balaban J connectivity index is 2.21. The molecule has 2 fully saturated rings. The first kappa shape index (κ1) is 8.76. The van der Waals surface area contributed by atoms with Gasteiger partial charge in [-0.05, 0) is 43.3 Å². The Kier molecular flexibility index (Phi) is 1.88. The number of fused-ring (bicyclic) bond motifs is 2. The summed E-state index contributed by atoms with van der Waals surface area (Å²) in [6.07, 6.45) is 7.38. The minimum absolute atomic E-state index is 0.673. The maximum atomic E-state index is 5.78. The zero-order valence-electron chi connectivity index (χ0n) is 8.52. The number of hydrogen-bond donors (Lipinski definition) is 0. The van der Waals surface area contributed by atoms with E-state index in [1.807, 2.05) is 7.11 Å². The van der Waals surface area contributed by atoms with Gasteiger partial charge in [-0.1, -0.05) is 12.8 Å². The van der Waals surface area contributed by atoms with Crippen molar-refractivity contribution in [2.24, 2.45) is 5.92 Å². The third kappa shape index (κ3) is 1.01. The molecule has 0 amide bonds. The van der Waals surface area contributed by atoms with E-state index in [4.69, 9.17) is 4.43 Å². The summed E-state index contributed by atoms with van der Waals surface area (Å²) in [5.41, 5.74) is 0. The van der Waals surface area contributed by atoms with Gasteiger partial charge in [-0.2, -0.15) is 0 Å². The lowest BCUT2D eigenvalue weighted by Crippen LogP contribution is -2.42. The summed E-state index contributed by atoms with van der Waals surface area (Å²) in [6, 6.07) is 0. The van der Waals surface area contributed by atoms with Crippen LogP contribution in [-0.4, -0.2) is 15.4 Å². The molecule has 70 valence electrons. The smallest absolute Gasteiger partial charge is 0.192 e. The molecule has 2 saturated carbocycles. The molecule has 2 aliphatic carbocycles. The highest BCUT2D eigenvalue weighted by molar-refractivity contribution is 6.74. The van der Waals surface area contributed by atoms with Crippen molar-refractivity contribution in [1.29, 1.82) is 0 Å². The molecule has 0 aromatic rings. The Labute approximate surface area is 76.6 Å². The van der Waals surface area contributed by atoms with Gasteiger partial charge in [0, 0.05) is 7.11 Å². The molecule has 1 nitrogen and oxygen atoms in total. The van der Waals surface area contributed by atoms with E-state index in [9.17, 15) is 0 Å². The van der Waals surface area contributed by atoms with E-state index in [1.165, 1.54) is 32.1 Å². The molecular weight excluding hydrogens is 164 g/mol. The third-order valence-corrected chi connectivity index (χ3v) is 8.81. The molecule has 0 aromatic carbocycles. The van der Waals surface area contributed by atoms with Crippen LogP contribution in [0.15, 0.2) is 0 Å². The Morgan fingerprint density at radius 2 is 1.83 bits per heavy atom. The van der Waals surface area contributed by atoms with Crippen molar-refractivity contribution in [2.45, 2.75) is 50.2 Å². The predicted molar refractivity (Wildman–Crippen MR) is 53.8 cm³/mol. The number of hydrogen-bond acceptors (Lipinski definition) is 1. The lowest BCUT2D eigenvalue weighted by molar-refractivity contribution is 0.347. The summed E-state index contributed by atoms with van der Waals surface area (Å²) in [5, 5.41) is 0.673. The molecule has 2 aliphatic rings. The fourth-order valence-electron chi connectivity index (χ4n) is 3.26. The van der Waals surface area contributed by atoms with E-state index in [0.717, 1.165) is 5.92 Å². The quantitative estimate of drug-likeness (QED) is 0.599. The highest BCUT2D eigenvalue weighted by Crippen LogP contribution is 2.64. The highest BCUT2D eigenvalue weighted by atomic mass is 28.4. The van der Waals surface area contributed by atoms with Crippen LogP contribution in [0, 0.1) is 5.92 Å². The molecule has 0 N–H and O–H groups in total. The zero-order chi connectivity index (χ0) is 8.82. The number of rotatable bonds is 2. The van der Waals surface area contributed by atoms with Crippen molar-refractivity contribution in [3.63, 3.8) is 0 Å². The van der Waals surface area contributed by atoms with Crippen molar-refractivity contribution in [1.82, 2.24) is 0 Å². The molecule has 12 heavy (non-hydrogen) atoms. The van der Waals surface area contributed by atoms with Gasteiger partial charge in [-0.3, -0.25) is 0 Å². The maximum absolute atomic E-state index is 5.78. The fourth-order valence-corrected chi connectivity index (χ4v) is 5.96. The van der Waals surface area contributed by atoms with Crippen molar-refractivity contribution in [2.75, 3.05) is 7.11 Å². The van der Waals surface area contributed by atoms with Crippen molar-refractivity contribution in [3.05, 3.63) is 0 Å². The van der Waals surface area contributed by atoms with Crippen LogP contribution in [0.5, 0.6) is 0 Å². The van der Waals surface area contributed by atoms with Crippen LogP contribution >= 0.6 is 0 Å². The van der Waals surface area contributed by atoms with Crippen LogP contribution in [0.2, 0.25) is 18.1 Å². The molecule has 2 rings (SSSR count). The Morgan fingerprint density at radius 3 is 2.17 bits per heavy atom. The standard InChI is InChI=1S/C10H20OSi/c1-11-12(2,3)10-6-4-9(8-10)5-7-10/h9H,4-8H2,1-3H3. The van der Waals surface area contributed by atoms with Gasteiger partial charge in [0.25, 0.3) is 0 Å². The van der Waals surface area contributed by atoms with Crippen LogP contribution in [-0.2, 0) is 4.43 Å². The van der Waals surface area contributed by atoms with Gasteiger partial charge in [0.15, 0.2) is 8.32 Å². The minimum atomic E-state index is -1.35.